The monoisotopic (exact) mass is 438 g/mol. The first-order chi connectivity index (χ1) is 14.2. The smallest absolute Gasteiger partial charge is 0.331 e. The number of rotatable bonds is 4. The van der Waals surface area contributed by atoms with E-state index < -0.39 is 23.7 Å². The fourth-order valence-corrected chi connectivity index (χ4v) is 3.35. The van der Waals surface area contributed by atoms with Crippen molar-refractivity contribution >= 4 is 22.6 Å². The Kier molecular flexibility index (Phi) is 4.97. The Morgan fingerprint density at radius 2 is 1.93 bits per heavy atom. The predicted molar refractivity (Wildman–Crippen MR) is 102 cm³/mol. The number of hydrogen-bond donors (Lipinski definition) is 0. The standard InChI is InChI=1S/C19H15ClF4N6/c1-3-29-9-15(19(22,23)24)27-17(29)13-5-4-11(6-14(13)21)10(2)30-16-12(8-26-30)7-25-18(20)28-16/h4-10H,3H2,1-2H3/t10-/m0/s1. The summed E-state index contributed by atoms with van der Waals surface area (Å²) in [5, 5.41) is 5.01. The van der Waals surface area contributed by atoms with E-state index in [9.17, 15) is 17.6 Å². The van der Waals surface area contributed by atoms with Crippen molar-refractivity contribution in [3.8, 4) is 11.4 Å². The SMILES string of the molecule is CCn1cc(C(F)(F)F)nc1-c1ccc([C@H](C)n2ncc3cnc(Cl)nc32)cc1F. The Balaban J connectivity index is 1.73. The molecule has 30 heavy (non-hydrogen) atoms. The molecule has 3 heterocycles. The van der Waals surface area contributed by atoms with E-state index in [-0.39, 0.29) is 23.2 Å². The largest absolute Gasteiger partial charge is 0.434 e. The number of aryl methyl sites for hydroxylation is 1. The van der Waals surface area contributed by atoms with Crippen LogP contribution < -0.4 is 0 Å². The van der Waals surface area contributed by atoms with Gasteiger partial charge in [0.05, 0.1) is 23.2 Å². The van der Waals surface area contributed by atoms with E-state index in [1.807, 2.05) is 0 Å². The van der Waals surface area contributed by atoms with Crippen LogP contribution in [0.15, 0.2) is 36.8 Å². The first kappa shape index (κ1) is 20.3. The fourth-order valence-electron chi connectivity index (χ4n) is 3.22. The maximum atomic E-state index is 14.9. The van der Waals surface area contributed by atoms with Gasteiger partial charge in [-0.3, -0.25) is 0 Å². The maximum Gasteiger partial charge on any atom is 0.434 e. The summed E-state index contributed by atoms with van der Waals surface area (Å²) < 4.78 is 56.8. The van der Waals surface area contributed by atoms with E-state index in [4.69, 9.17) is 11.6 Å². The molecule has 0 saturated carbocycles. The van der Waals surface area contributed by atoms with Gasteiger partial charge in [0.25, 0.3) is 0 Å². The summed E-state index contributed by atoms with van der Waals surface area (Å²) >= 11 is 5.86. The van der Waals surface area contributed by atoms with Gasteiger partial charge in [-0.25, -0.2) is 19.0 Å². The third-order valence-corrected chi connectivity index (χ3v) is 4.98. The molecule has 0 aliphatic rings. The molecule has 4 aromatic rings. The molecule has 0 aliphatic heterocycles. The van der Waals surface area contributed by atoms with Gasteiger partial charge in [0.15, 0.2) is 11.3 Å². The minimum absolute atomic E-state index is 0.0148. The first-order valence-corrected chi connectivity index (χ1v) is 9.36. The molecule has 0 unspecified atom stereocenters. The van der Waals surface area contributed by atoms with Crippen LogP contribution in [0.1, 0.15) is 31.1 Å². The van der Waals surface area contributed by atoms with Gasteiger partial charge in [-0.1, -0.05) is 6.07 Å². The van der Waals surface area contributed by atoms with Gasteiger partial charge < -0.3 is 4.57 Å². The van der Waals surface area contributed by atoms with Crippen molar-refractivity contribution in [2.24, 2.45) is 0 Å². The van der Waals surface area contributed by atoms with Crippen LogP contribution >= 0.6 is 11.6 Å². The van der Waals surface area contributed by atoms with Crippen LogP contribution in [0.2, 0.25) is 5.28 Å². The third-order valence-electron chi connectivity index (χ3n) is 4.80. The molecule has 1 aromatic carbocycles. The summed E-state index contributed by atoms with van der Waals surface area (Å²) in [5.41, 5.74) is -0.0280. The van der Waals surface area contributed by atoms with E-state index in [1.54, 1.807) is 30.8 Å². The van der Waals surface area contributed by atoms with Crippen LogP contribution in [0.25, 0.3) is 22.4 Å². The molecular formula is C19H15ClF4N6. The maximum absolute atomic E-state index is 14.9. The van der Waals surface area contributed by atoms with Gasteiger partial charge in [-0.15, -0.1) is 0 Å². The van der Waals surface area contributed by atoms with Crippen molar-refractivity contribution in [2.75, 3.05) is 0 Å². The number of nitrogens with zero attached hydrogens (tertiary/aromatic N) is 6. The molecule has 6 nitrogen and oxygen atoms in total. The van der Waals surface area contributed by atoms with Crippen molar-refractivity contribution in [1.29, 1.82) is 0 Å². The molecule has 0 amide bonds. The molecule has 0 aliphatic carbocycles. The second kappa shape index (κ2) is 7.35. The molecule has 0 N–H and O–H groups in total. The van der Waals surface area contributed by atoms with E-state index in [2.05, 4.69) is 20.1 Å². The second-order valence-electron chi connectivity index (χ2n) is 6.66. The molecule has 0 radical (unpaired) electrons. The number of hydrogen-bond acceptors (Lipinski definition) is 4. The Labute approximate surface area is 173 Å². The van der Waals surface area contributed by atoms with Gasteiger partial charge in [0, 0.05) is 18.9 Å². The lowest BCUT2D eigenvalue weighted by Gasteiger charge is -2.15. The number of fused-ring (bicyclic) bond motifs is 1. The molecule has 4 rings (SSSR count). The highest BCUT2D eigenvalue weighted by Gasteiger charge is 2.35. The van der Waals surface area contributed by atoms with Crippen LogP contribution in [0.5, 0.6) is 0 Å². The van der Waals surface area contributed by atoms with Crippen LogP contribution in [-0.4, -0.2) is 29.3 Å². The van der Waals surface area contributed by atoms with Crippen molar-refractivity contribution in [3.05, 3.63) is 59.1 Å². The molecule has 0 spiro atoms. The summed E-state index contributed by atoms with van der Waals surface area (Å²) in [7, 11) is 0. The second-order valence-corrected chi connectivity index (χ2v) is 6.99. The highest BCUT2D eigenvalue weighted by molar-refractivity contribution is 6.28. The van der Waals surface area contributed by atoms with Gasteiger partial charge in [0.1, 0.15) is 11.6 Å². The third kappa shape index (κ3) is 3.51. The molecule has 0 saturated heterocycles. The molecule has 0 fully saturated rings. The van der Waals surface area contributed by atoms with E-state index in [1.165, 1.54) is 22.9 Å². The average Bonchev–Trinajstić information content (AvgIpc) is 3.31. The van der Waals surface area contributed by atoms with Crippen LogP contribution in [-0.2, 0) is 12.7 Å². The lowest BCUT2D eigenvalue weighted by molar-refractivity contribution is -0.140. The van der Waals surface area contributed by atoms with Gasteiger partial charge >= 0.3 is 6.18 Å². The lowest BCUT2D eigenvalue weighted by atomic mass is 10.0. The minimum Gasteiger partial charge on any atom is -0.331 e. The summed E-state index contributed by atoms with van der Waals surface area (Å²) in [6.07, 6.45) is -0.619. The van der Waals surface area contributed by atoms with Crippen molar-refractivity contribution < 1.29 is 17.6 Å². The highest BCUT2D eigenvalue weighted by atomic mass is 35.5. The van der Waals surface area contributed by atoms with Gasteiger partial charge in [-0.2, -0.15) is 23.3 Å². The topological polar surface area (TPSA) is 61.4 Å². The predicted octanol–water partition coefficient (Wildman–Crippen LogP) is 5.13. The number of halogens is 5. The quantitative estimate of drug-likeness (QED) is 0.327. The Morgan fingerprint density at radius 1 is 1.17 bits per heavy atom. The van der Waals surface area contributed by atoms with Crippen molar-refractivity contribution in [3.63, 3.8) is 0 Å². The van der Waals surface area contributed by atoms with E-state index >= 15 is 0 Å². The van der Waals surface area contributed by atoms with Crippen LogP contribution in [0.3, 0.4) is 0 Å². The Morgan fingerprint density at radius 3 is 2.60 bits per heavy atom. The zero-order valence-electron chi connectivity index (χ0n) is 15.8. The van der Waals surface area contributed by atoms with Gasteiger partial charge in [0.2, 0.25) is 5.28 Å². The number of aromatic nitrogens is 6. The lowest BCUT2D eigenvalue weighted by Crippen LogP contribution is -2.10. The first-order valence-electron chi connectivity index (χ1n) is 8.99. The fraction of sp³-hybridized carbons (Fsp3) is 0.263. The Hall–Kier alpha value is -3.01. The van der Waals surface area contributed by atoms with Crippen molar-refractivity contribution in [1.82, 2.24) is 29.3 Å². The molecule has 3 aromatic heterocycles. The number of imidazole rings is 1. The average molecular weight is 439 g/mol. The summed E-state index contributed by atoms with van der Waals surface area (Å²) in [4.78, 5) is 11.7. The van der Waals surface area contributed by atoms with Crippen LogP contribution in [0, 0.1) is 5.82 Å². The van der Waals surface area contributed by atoms with Crippen LogP contribution in [0.4, 0.5) is 17.6 Å². The molecule has 1 atom stereocenters. The Bertz CT molecular complexity index is 1230. The zero-order valence-corrected chi connectivity index (χ0v) is 16.6. The molecule has 11 heteroatoms. The molecular weight excluding hydrogens is 424 g/mol. The van der Waals surface area contributed by atoms with E-state index in [0.29, 0.717) is 16.6 Å². The number of alkyl halides is 3. The molecule has 156 valence electrons. The van der Waals surface area contributed by atoms with Crippen molar-refractivity contribution in [2.45, 2.75) is 32.6 Å². The zero-order chi connectivity index (χ0) is 21.6. The summed E-state index contributed by atoms with van der Waals surface area (Å²) in [6, 6.07) is 3.90. The minimum atomic E-state index is -4.61. The highest BCUT2D eigenvalue weighted by Crippen LogP contribution is 2.33. The van der Waals surface area contributed by atoms with Gasteiger partial charge in [-0.05, 0) is 43.1 Å². The number of benzene rings is 1. The summed E-state index contributed by atoms with van der Waals surface area (Å²) in [5.74, 6) is -0.761. The van der Waals surface area contributed by atoms with E-state index in [0.717, 1.165) is 6.20 Å². The normalized spacial score (nSPS) is 13.2. The summed E-state index contributed by atoms with van der Waals surface area (Å²) in [6.45, 7) is 3.68. The molecule has 0 bridgehead atoms.